The molecule has 0 N–H and O–H groups in total. The van der Waals surface area contributed by atoms with Crippen molar-refractivity contribution in [1.82, 2.24) is 4.57 Å². The van der Waals surface area contributed by atoms with E-state index in [4.69, 9.17) is 4.74 Å². The van der Waals surface area contributed by atoms with E-state index in [9.17, 15) is 4.39 Å². The highest BCUT2D eigenvalue weighted by Gasteiger charge is 2.10. The lowest BCUT2D eigenvalue weighted by atomic mass is 10.2. The van der Waals surface area contributed by atoms with Crippen LogP contribution in [-0.2, 0) is 17.7 Å². The zero-order chi connectivity index (χ0) is 13.7. The van der Waals surface area contributed by atoms with Crippen LogP contribution in [0, 0.1) is 5.82 Å². The molecular formula is C16H22FNO. The van der Waals surface area contributed by atoms with Crippen molar-refractivity contribution >= 4 is 10.9 Å². The number of benzene rings is 1. The van der Waals surface area contributed by atoms with Crippen molar-refractivity contribution in [1.29, 1.82) is 0 Å². The number of nitrogens with zero attached hydrogens (tertiary/aromatic N) is 1. The van der Waals surface area contributed by atoms with Crippen LogP contribution in [0.15, 0.2) is 24.3 Å². The Balaban J connectivity index is 2.14. The number of hydrogen-bond acceptors (Lipinski definition) is 1. The molecule has 1 heterocycles. The molecule has 1 aromatic carbocycles. The molecule has 0 aliphatic carbocycles. The van der Waals surface area contributed by atoms with Crippen LogP contribution in [0.4, 0.5) is 4.39 Å². The molecule has 0 spiro atoms. The Hall–Kier alpha value is -1.35. The van der Waals surface area contributed by atoms with Crippen LogP contribution in [0.2, 0.25) is 0 Å². The Morgan fingerprint density at radius 3 is 2.79 bits per heavy atom. The molecule has 2 aromatic rings. The van der Waals surface area contributed by atoms with E-state index in [1.807, 2.05) is 12.1 Å². The topological polar surface area (TPSA) is 14.2 Å². The standard InChI is InChI=1S/C16H22FNO/c1-3-13-12-14-15(17)8-7-9-16(14)18(13)10-5-4-6-11-19-2/h7-9,12H,3-6,10-11H2,1-2H3. The molecule has 0 aliphatic rings. The SMILES string of the molecule is CCc1cc2c(F)cccc2n1CCCCCOC. The second kappa shape index (κ2) is 6.71. The quantitative estimate of drug-likeness (QED) is 0.684. The van der Waals surface area contributed by atoms with Crippen LogP contribution in [0.25, 0.3) is 10.9 Å². The first-order valence-electron chi connectivity index (χ1n) is 7.03. The molecule has 0 fully saturated rings. The first-order valence-corrected chi connectivity index (χ1v) is 7.03. The monoisotopic (exact) mass is 263 g/mol. The fraction of sp³-hybridized carbons (Fsp3) is 0.500. The summed E-state index contributed by atoms with van der Waals surface area (Å²) in [5.74, 6) is -0.120. The molecular weight excluding hydrogens is 241 g/mol. The number of hydrogen-bond donors (Lipinski definition) is 0. The fourth-order valence-corrected chi connectivity index (χ4v) is 2.55. The average molecular weight is 263 g/mol. The van der Waals surface area contributed by atoms with Gasteiger partial charge >= 0.3 is 0 Å². The van der Waals surface area contributed by atoms with Gasteiger partial charge in [-0.25, -0.2) is 4.39 Å². The number of rotatable bonds is 7. The van der Waals surface area contributed by atoms with Gasteiger partial charge in [-0.1, -0.05) is 13.0 Å². The largest absolute Gasteiger partial charge is 0.385 e. The van der Waals surface area contributed by atoms with Gasteiger partial charge in [0, 0.05) is 31.3 Å². The molecule has 0 atom stereocenters. The Kier molecular flexibility index (Phi) is 4.97. The molecule has 0 saturated carbocycles. The van der Waals surface area contributed by atoms with Crippen molar-refractivity contribution in [2.45, 2.75) is 39.2 Å². The maximum atomic E-state index is 13.8. The van der Waals surface area contributed by atoms with Gasteiger partial charge in [0.2, 0.25) is 0 Å². The number of fused-ring (bicyclic) bond motifs is 1. The van der Waals surface area contributed by atoms with E-state index in [0.717, 1.165) is 49.7 Å². The third-order valence-electron chi connectivity index (χ3n) is 3.57. The summed E-state index contributed by atoms with van der Waals surface area (Å²) in [6.07, 6.45) is 4.28. The van der Waals surface area contributed by atoms with Crippen molar-refractivity contribution in [3.63, 3.8) is 0 Å². The fourth-order valence-electron chi connectivity index (χ4n) is 2.55. The lowest BCUT2D eigenvalue weighted by molar-refractivity contribution is 0.191. The van der Waals surface area contributed by atoms with Crippen LogP contribution in [-0.4, -0.2) is 18.3 Å². The lowest BCUT2D eigenvalue weighted by Crippen LogP contribution is -2.02. The number of ether oxygens (including phenoxy) is 1. The number of aromatic nitrogens is 1. The van der Waals surface area contributed by atoms with Gasteiger partial charge in [0.05, 0.1) is 5.52 Å². The molecule has 1 aromatic heterocycles. The van der Waals surface area contributed by atoms with Gasteiger partial charge in [-0.05, 0) is 43.9 Å². The highest BCUT2D eigenvalue weighted by atomic mass is 19.1. The van der Waals surface area contributed by atoms with Crippen molar-refractivity contribution < 1.29 is 9.13 Å². The summed E-state index contributed by atoms with van der Waals surface area (Å²) < 4.78 is 21.1. The van der Waals surface area contributed by atoms with Gasteiger partial charge < -0.3 is 9.30 Å². The van der Waals surface area contributed by atoms with E-state index < -0.39 is 0 Å². The van der Waals surface area contributed by atoms with Crippen LogP contribution in [0.5, 0.6) is 0 Å². The number of methoxy groups -OCH3 is 1. The average Bonchev–Trinajstić information content (AvgIpc) is 2.78. The molecule has 2 nitrogen and oxygen atoms in total. The van der Waals surface area contributed by atoms with Crippen LogP contribution in [0.3, 0.4) is 0 Å². The molecule has 0 amide bonds. The van der Waals surface area contributed by atoms with E-state index in [1.54, 1.807) is 13.2 Å². The predicted molar refractivity (Wildman–Crippen MR) is 77.0 cm³/mol. The van der Waals surface area contributed by atoms with E-state index >= 15 is 0 Å². The molecule has 0 radical (unpaired) electrons. The van der Waals surface area contributed by atoms with Crippen LogP contribution >= 0.6 is 0 Å². The van der Waals surface area contributed by atoms with Crippen molar-refractivity contribution in [2.24, 2.45) is 0 Å². The molecule has 0 saturated heterocycles. The third-order valence-corrected chi connectivity index (χ3v) is 3.57. The highest BCUT2D eigenvalue weighted by Crippen LogP contribution is 2.23. The summed E-state index contributed by atoms with van der Waals surface area (Å²) in [6.45, 7) is 3.90. The first-order chi connectivity index (χ1) is 9.27. The van der Waals surface area contributed by atoms with Crippen LogP contribution in [0.1, 0.15) is 31.9 Å². The van der Waals surface area contributed by atoms with Gasteiger partial charge in [0.25, 0.3) is 0 Å². The summed E-state index contributed by atoms with van der Waals surface area (Å²) in [5.41, 5.74) is 2.23. The predicted octanol–water partition coefficient (Wildman–Crippen LogP) is 4.16. The van der Waals surface area contributed by atoms with E-state index in [0.29, 0.717) is 0 Å². The molecule has 0 bridgehead atoms. The summed E-state index contributed by atoms with van der Waals surface area (Å²) in [5, 5.41) is 0.747. The molecule has 19 heavy (non-hydrogen) atoms. The Bertz CT molecular complexity index is 533. The molecule has 104 valence electrons. The zero-order valence-corrected chi connectivity index (χ0v) is 11.8. The van der Waals surface area contributed by atoms with Gasteiger partial charge in [-0.3, -0.25) is 0 Å². The first kappa shape index (κ1) is 14.1. The molecule has 2 rings (SSSR count). The second-order valence-corrected chi connectivity index (χ2v) is 4.87. The van der Waals surface area contributed by atoms with Gasteiger partial charge in [-0.2, -0.15) is 0 Å². The Morgan fingerprint density at radius 2 is 2.05 bits per heavy atom. The zero-order valence-electron chi connectivity index (χ0n) is 11.8. The summed E-state index contributed by atoms with van der Waals surface area (Å²) in [7, 11) is 1.73. The van der Waals surface area contributed by atoms with E-state index in [-0.39, 0.29) is 5.82 Å². The molecule has 0 aliphatic heterocycles. The second-order valence-electron chi connectivity index (χ2n) is 4.87. The maximum Gasteiger partial charge on any atom is 0.132 e. The van der Waals surface area contributed by atoms with Gasteiger partial charge in [-0.15, -0.1) is 0 Å². The van der Waals surface area contributed by atoms with Crippen molar-refractivity contribution in [3.05, 3.63) is 35.8 Å². The molecule has 3 heteroatoms. The van der Waals surface area contributed by atoms with Gasteiger partial charge in [0.15, 0.2) is 0 Å². The lowest BCUT2D eigenvalue weighted by Gasteiger charge is -2.09. The van der Waals surface area contributed by atoms with Gasteiger partial charge in [0.1, 0.15) is 5.82 Å². The third kappa shape index (κ3) is 3.16. The van der Waals surface area contributed by atoms with Crippen molar-refractivity contribution in [3.8, 4) is 0 Å². The number of unbranched alkanes of at least 4 members (excludes halogenated alkanes) is 2. The summed E-state index contributed by atoms with van der Waals surface area (Å²) in [6, 6.07) is 7.32. The van der Waals surface area contributed by atoms with E-state index in [1.165, 1.54) is 11.8 Å². The van der Waals surface area contributed by atoms with E-state index in [2.05, 4.69) is 11.5 Å². The minimum Gasteiger partial charge on any atom is -0.385 e. The number of aryl methyl sites for hydroxylation is 2. The minimum atomic E-state index is -0.120. The molecule has 0 unspecified atom stereocenters. The maximum absolute atomic E-state index is 13.8. The van der Waals surface area contributed by atoms with Crippen molar-refractivity contribution in [2.75, 3.05) is 13.7 Å². The smallest absolute Gasteiger partial charge is 0.132 e. The Labute approximate surface area is 114 Å². The number of halogens is 1. The Morgan fingerprint density at radius 1 is 1.21 bits per heavy atom. The highest BCUT2D eigenvalue weighted by molar-refractivity contribution is 5.82. The van der Waals surface area contributed by atoms with Crippen LogP contribution < -0.4 is 0 Å². The summed E-state index contributed by atoms with van der Waals surface area (Å²) in [4.78, 5) is 0. The summed E-state index contributed by atoms with van der Waals surface area (Å²) >= 11 is 0. The normalized spacial score (nSPS) is 11.3. The minimum absolute atomic E-state index is 0.120.